The van der Waals surface area contributed by atoms with Crippen molar-refractivity contribution in [2.24, 2.45) is 0 Å². The fourth-order valence-electron chi connectivity index (χ4n) is 2.70. The molecule has 1 aliphatic heterocycles. The minimum absolute atomic E-state index is 0.731. The van der Waals surface area contributed by atoms with Gasteiger partial charge < -0.3 is 5.32 Å². The van der Waals surface area contributed by atoms with Crippen molar-refractivity contribution in [1.29, 1.82) is 0 Å². The molecule has 0 radical (unpaired) electrons. The number of nitrogens with one attached hydrogen (secondary N) is 1. The van der Waals surface area contributed by atoms with Crippen LogP contribution in [0.25, 0.3) is 0 Å². The predicted molar refractivity (Wildman–Crippen MR) is 102 cm³/mol. The Morgan fingerprint density at radius 1 is 1.29 bits per heavy atom. The number of aryl methyl sites for hydroxylation is 1. The van der Waals surface area contributed by atoms with Gasteiger partial charge in [0.25, 0.3) is 0 Å². The molecule has 24 heavy (non-hydrogen) atoms. The zero-order chi connectivity index (χ0) is 16.9. The summed E-state index contributed by atoms with van der Waals surface area (Å²) in [5.74, 6) is 2.71. The van der Waals surface area contributed by atoms with E-state index in [0.717, 1.165) is 54.2 Å². The molecule has 1 N–H and O–H groups in total. The van der Waals surface area contributed by atoms with E-state index in [9.17, 15) is 0 Å². The molecule has 3 rings (SSSR count). The zero-order valence-electron chi connectivity index (χ0n) is 13.7. The van der Waals surface area contributed by atoms with Gasteiger partial charge in [-0.3, -0.25) is 9.80 Å². The summed E-state index contributed by atoms with van der Waals surface area (Å²) in [5.41, 5.74) is 2.25. The number of nitrogens with zero attached hydrogens (tertiary/aromatic N) is 4. The number of anilines is 2. The Labute approximate surface area is 151 Å². The first-order valence-corrected chi connectivity index (χ1v) is 9.16. The number of aromatic nitrogens is 2. The highest BCUT2D eigenvalue weighted by Crippen LogP contribution is 2.21. The van der Waals surface area contributed by atoms with Crippen molar-refractivity contribution in [2.75, 3.05) is 38.0 Å². The van der Waals surface area contributed by atoms with E-state index in [1.165, 1.54) is 16.9 Å². The quantitative estimate of drug-likeness (QED) is 0.656. The van der Waals surface area contributed by atoms with Crippen LogP contribution in [0, 0.1) is 23.2 Å². The van der Waals surface area contributed by atoms with Crippen LogP contribution in [0.1, 0.15) is 5.56 Å². The summed E-state index contributed by atoms with van der Waals surface area (Å²) in [6, 6.07) is 8.24. The fraction of sp³-hybridized carbons (Fsp3) is 0.412. The van der Waals surface area contributed by atoms with Gasteiger partial charge in [-0.05, 0) is 36.8 Å². The molecule has 1 aromatic heterocycles. The number of terminal acetylenes is 1. The highest BCUT2D eigenvalue weighted by Gasteiger charge is 2.17. The van der Waals surface area contributed by atoms with Crippen LogP contribution in [0.2, 0.25) is 0 Å². The molecule has 7 heteroatoms. The normalized spacial score (nSPS) is 16.0. The van der Waals surface area contributed by atoms with E-state index < -0.39 is 0 Å². The van der Waals surface area contributed by atoms with Crippen LogP contribution in [0.5, 0.6) is 0 Å². The number of hydrogen-bond acceptors (Lipinski definition) is 6. The van der Waals surface area contributed by atoms with Crippen molar-refractivity contribution in [3.8, 4) is 12.3 Å². The molecule has 1 aliphatic rings. The molecule has 2 aromatic rings. The summed E-state index contributed by atoms with van der Waals surface area (Å²) >= 11 is 6.97. The SMILES string of the molecule is C#CCN1CCN(Cn2nc(Nc3cccc(C)c3)sc2=S)CC1. The Morgan fingerprint density at radius 3 is 2.75 bits per heavy atom. The fourth-order valence-corrected chi connectivity index (χ4v) is 3.71. The Balaban J connectivity index is 1.61. The Morgan fingerprint density at radius 2 is 2.04 bits per heavy atom. The standard InChI is InChI=1S/C17H21N5S2/c1-3-7-20-8-10-21(11-9-20)13-22-17(23)24-16(19-22)18-15-6-4-5-14(2)12-15/h1,4-6,12H,7-11,13H2,2H3,(H,18,19). The number of benzene rings is 1. The summed E-state index contributed by atoms with van der Waals surface area (Å²) in [5, 5.41) is 8.78. The van der Waals surface area contributed by atoms with Gasteiger partial charge in [-0.2, -0.15) is 0 Å². The Hall–Kier alpha value is -1.72. The molecule has 0 saturated carbocycles. The van der Waals surface area contributed by atoms with Crippen molar-refractivity contribution in [2.45, 2.75) is 13.6 Å². The molecule has 2 heterocycles. The first-order valence-electron chi connectivity index (χ1n) is 7.94. The lowest BCUT2D eigenvalue weighted by Crippen LogP contribution is -2.46. The largest absolute Gasteiger partial charge is 0.330 e. The predicted octanol–water partition coefficient (Wildman–Crippen LogP) is 2.93. The third kappa shape index (κ3) is 4.42. The van der Waals surface area contributed by atoms with Crippen LogP contribution < -0.4 is 5.32 Å². The highest BCUT2D eigenvalue weighted by molar-refractivity contribution is 7.73. The maximum Gasteiger partial charge on any atom is 0.209 e. The minimum Gasteiger partial charge on any atom is -0.330 e. The minimum atomic E-state index is 0.731. The summed E-state index contributed by atoms with van der Waals surface area (Å²) < 4.78 is 2.69. The van der Waals surface area contributed by atoms with Gasteiger partial charge >= 0.3 is 0 Å². The molecule has 1 fully saturated rings. The first-order chi connectivity index (χ1) is 11.6. The van der Waals surface area contributed by atoms with Gasteiger partial charge in [0.15, 0.2) is 3.95 Å². The van der Waals surface area contributed by atoms with E-state index in [4.69, 9.17) is 18.6 Å². The van der Waals surface area contributed by atoms with Crippen LogP contribution in [0.4, 0.5) is 10.8 Å². The molecule has 0 aliphatic carbocycles. The molecule has 0 unspecified atom stereocenters. The van der Waals surface area contributed by atoms with Crippen LogP contribution in [-0.2, 0) is 6.67 Å². The van der Waals surface area contributed by atoms with E-state index in [2.05, 4.69) is 45.2 Å². The van der Waals surface area contributed by atoms with E-state index in [-0.39, 0.29) is 0 Å². The second-order valence-corrected chi connectivity index (χ2v) is 7.53. The molecule has 126 valence electrons. The van der Waals surface area contributed by atoms with E-state index in [0.29, 0.717) is 0 Å². The third-order valence-corrected chi connectivity index (χ3v) is 5.21. The van der Waals surface area contributed by atoms with E-state index in [1.54, 1.807) is 0 Å². The lowest BCUT2D eigenvalue weighted by Gasteiger charge is -2.33. The topological polar surface area (TPSA) is 36.3 Å². The van der Waals surface area contributed by atoms with Gasteiger partial charge in [-0.15, -0.1) is 11.5 Å². The van der Waals surface area contributed by atoms with Gasteiger partial charge in [0, 0.05) is 31.9 Å². The molecule has 5 nitrogen and oxygen atoms in total. The lowest BCUT2D eigenvalue weighted by atomic mass is 10.2. The van der Waals surface area contributed by atoms with Crippen molar-refractivity contribution < 1.29 is 0 Å². The van der Waals surface area contributed by atoms with Gasteiger partial charge in [0.1, 0.15) is 0 Å². The van der Waals surface area contributed by atoms with Crippen LogP contribution in [-0.4, -0.2) is 52.3 Å². The van der Waals surface area contributed by atoms with Crippen molar-refractivity contribution in [3.63, 3.8) is 0 Å². The summed E-state index contributed by atoms with van der Waals surface area (Å²) in [4.78, 5) is 4.65. The maximum absolute atomic E-state index is 5.46. The van der Waals surface area contributed by atoms with Gasteiger partial charge in [0.2, 0.25) is 5.13 Å². The summed E-state index contributed by atoms with van der Waals surface area (Å²) in [6.07, 6.45) is 5.37. The zero-order valence-corrected chi connectivity index (χ0v) is 15.4. The molecule has 0 amide bonds. The second-order valence-electron chi connectivity index (χ2n) is 5.91. The monoisotopic (exact) mass is 359 g/mol. The van der Waals surface area contributed by atoms with Gasteiger partial charge in [0.05, 0.1) is 13.2 Å². The van der Waals surface area contributed by atoms with Crippen LogP contribution in [0.15, 0.2) is 24.3 Å². The van der Waals surface area contributed by atoms with Gasteiger partial charge in [-0.1, -0.05) is 29.4 Å². The number of rotatable bonds is 5. The average Bonchev–Trinajstić information content (AvgIpc) is 2.89. The van der Waals surface area contributed by atoms with Crippen molar-refractivity contribution >= 4 is 34.4 Å². The summed E-state index contributed by atoms with van der Waals surface area (Å²) in [7, 11) is 0. The molecule has 1 aromatic carbocycles. The first kappa shape index (κ1) is 17.1. The van der Waals surface area contributed by atoms with Crippen LogP contribution in [0.3, 0.4) is 0 Å². The lowest BCUT2D eigenvalue weighted by molar-refractivity contribution is 0.112. The average molecular weight is 360 g/mol. The molecule has 0 atom stereocenters. The third-order valence-electron chi connectivity index (χ3n) is 3.99. The van der Waals surface area contributed by atoms with Gasteiger partial charge in [-0.25, -0.2) is 4.68 Å². The molecular weight excluding hydrogens is 338 g/mol. The Bertz CT molecular complexity index is 781. The molecule has 0 spiro atoms. The van der Waals surface area contributed by atoms with Crippen LogP contribution >= 0.6 is 23.6 Å². The Kier molecular flexibility index (Phi) is 5.63. The molecule has 1 saturated heterocycles. The summed E-state index contributed by atoms with van der Waals surface area (Å²) in [6.45, 7) is 7.50. The highest BCUT2D eigenvalue weighted by atomic mass is 32.1. The second kappa shape index (κ2) is 7.90. The number of hydrogen-bond donors (Lipinski definition) is 1. The number of piperazine rings is 1. The smallest absolute Gasteiger partial charge is 0.209 e. The molecular formula is C17H21N5S2. The maximum atomic E-state index is 5.46. The molecule has 0 bridgehead atoms. The van der Waals surface area contributed by atoms with Crippen molar-refractivity contribution in [3.05, 3.63) is 33.8 Å². The van der Waals surface area contributed by atoms with E-state index in [1.807, 2.05) is 16.8 Å². The van der Waals surface area contributed by atoms with E-state index >= 15 is 0 Å². The van der Waals surface area contributed by atoms with Crippen molar-refractivity contribution in [1.82, 2.24) is 19.6 Å².